The highest BCUT2D eigenvalue weighted by atomic mass is 35.5. The Kier molecular flexibility index (Phi) is 3.95. The quantitative estimate of drug-likeness (QED) is 0.458. The molecule has 0 heterocycles. The van der Waals surface area contributed by atoms with Gasteiger partial charge in [0.2, 0.25) is 0 Å². The van der Waals surface area contributed by atoms with Crippen molar-refractivity contribution in [3.8, 4) is 11.5 Å². The van der Waals surface area contributed by atoms with Crippen LogP contribution in [-0.2, 0) is 0 Å². The topological polar surface area (TPSA) is 113 Å². The number of non-ortho nitro benzene ring substituents is 1. The van der Waals surface area contributed by atoms with Crippen molar-refractivity contribution in [1.82, 2.24) is 0 Å². The number of benzene rings is 2. The lowest BCUT2D eigenvalue weighted by molar-refractivity contribution is -0.384. The first-order chi connectivity index (χ1) is 9.88. The maximum Gasteiger partial charge on any atom is 0.271 e. The number of nitro groups is 1. The molecule has 0 unspecified atom stereocenters. The summed E-state index contributed by atoms with van der Waals surface area (Å²) in [5, 5.41) is 32.4. The van der Waals surface area contributed by atoms with E-state index in [4.69, 9.17) is 11.6 Å². The lowest BCUT2D eigenvalue weighted by atomic mass is 10.1. The standard InChI is InChI=1S/C13H9ClN2O5/c14-7-1-3-9(12(18)5-7)13(19)15-10-6-8(16(20)21)2-4-11(10)17/h1-6,17-18H,(H,15,19). The van der Waals surface area contributed by atoms with Crippen molar-refractivity contribution in [3.05, 3.63) is 57.1 Å². The Bertz CT molecular complexity index is 732. The highest BCUT2D eigenvalue weighted by molar-refractivity contribution is 6.31. The number of phenolic OH excluding ortho intramolecular Hbond substituents is 2. The fraction of sp³-hybridized carbons (Fsp3) is 0. The van der Waals surface area contributed by atoms with Gasteiger partial charge in [0.05, 0.1) is 16.2 Å². The molecule has 21 heavy (non-hydrogen) atoms. The zero-order chi connectivity index (χ0) is 15.6. The second kappa shape index (κ2) is 5.68. The summed E-state index contributed by atoms with van der Waals surface area (Å²) in [5.41, 5.74) is -0.503. The Balaban J connectivity index is 2.31. The Morgan fingerprint density at radius 3 is 2.48 bits per heavy atom. The van der Waals surface area contributed by atoms with Gasteiger partial charge in [-0.25, -0.2) is 0 Å². The molecule has 0 aliphatic carbocycles. The zero-order valence-corrected chi connectivity index (χ0v) is 11.2. The van der Waals surface area contributed by atoms with Crippen LogP contribution in [0.15, 0.2) is 36.4 Å². The SMILES string of the molecule is O=C(Nc1cc([N+](=O)[O-])ccc1O)c1ccc(Cl)cc1O. The van der Waals surface area contributed by atoms with Crippen molar-refractivity contribution < 1.29 is 19.9 Å². The monoisotopic (exact) mass is 308 g/mol. The molecule has 0 bridgehead atoms. The highest BCUT2D eigenvalue weighted by Gasteiger charge is 2.16. The lowest BCUT2D eigenvalue weighted by Gasteiger charge is -2.08. The summed E-state index contributed by atoms with van der Waals surface area (Å²) in [6.07, 6.45) is 0. The number of halogens is 1. The molecule has 0 aliphatic heterocycles. The van der Waals surface area contributed by atoms with Gasteiger partial charge < -0.3 is 15.5 Å². The summed E-state index contributed by atoms with van der Waals surface area (Å²) >= 11 is 5.66. The average Bonchev–Trinajstić information content (AvgIpc) is 2.40. The molecule has 2 rings (SSSR count). The number of nitrogens with zero attached hydrogens (tertiary/aromatic N) is 1. The van der Waals surface area contributed by atoms with Crippen LogP contribution in [0.5, 0.6) is 11.5 Å². The third-order valence-corrected chi connectivity index (χ3v) is 2.88. The first-order valence-corrected chi connectivity index (χ1v) is 6.03. The molecule has 2 aromatic rings. The number of hydrogen-bond donors (Lipinski definition) is 3. The molecule has 0 spiro atoms. The van der Waals surface area contributed by atoms with Gasteiger partial charge in [0, 0.05) is 17.2 Å². The molecule has 1 amide bonds. The van der Waals surface area contributed by atoms with E-state index in [1.165, 1.54) is 18.2 Å². The largest absolute Gasteiger partial charge is 0.507 e. The fourth-order valence-corrected chi connectivity index (χ4v) is 1.79. The molecule has 0 atom stereocenters. The minimum atomic E-state index is -0.736. The van der Waals surface area contributed by atoms with Crippen LogP contribution in [0.25, 0.3) is 0 Å². The summed E-state index contributed by atoms with van der Waals surface area (Å²) in [7, 11) is 0. The van der Waals surface area contributed by atoms with E-state index in [9.17, 15) is 25.1 Å². The van der Waals surface area contributed by atoms with Crippen molar-refractivity contribution in [2.24, 2.45) is 0 Å². The summed E-state index contributed by atoms with van der Waals surface area (Å²) in [6.45, 7) is 0. The third-order valence-electron chi connectivity index (χ3n) is 2.64. The van der Waals surface area contributed by atoms with E-state index in [1.54, 1.807) is 0 Å². The number of phenols is 2. The highest BCUT2D eigenvalue weighted by Crippen LogP contribution is 2.29. The number of nitrogens with one attached hydrogen (secondary N) is 1. The number of hydrogen-bond acceptors (Lipinski definition) is 5. The molecule has 0 aliphatic rings. The lowest BCUT2D eigenvalue weighted by Crippen LogP contribution is -2.12. The van der Waals surface area contributed by atoms with Crippen LogP contribution in [0.3, 0.4) is 0 Å². The van der Waals surface area contributed by atoms with E-state index in [-0.39, 0.29) is 33.5 Å². The van der Waals surface area contributed by atoms with Crippen LogP contribution >= 0.6 is 11.6 Å². The number of amides is 1. The average molecular weight is 309 g/mol. The number of anilines is 1. The van der Waals surface area contributed by atoms with Crippen molar-refractivity contribution in [1.29, 1.82) is 0 Å². The van der Waals surface area contributed by atoms with E-state index in [1.807, 2.05) is 0 Å². The van der Waals surface area contributed by atoms with Gasteiger partial charge in [-0.3, -0.25) is 14.9 Å². The fourth-order valence-electron chi connectivity index (χ4n) is 1.62. The summed E-state index contributed by atoms with van der Waals surface area (Å²) in [5.74, 6) is -1.41. The van der Waals surface area contributed by atoms with Crippen molar-refractivity contribution in [2.45, 2.75) is 0 Å². The van der Waals surface area contributed by atoms with Gasteiger partial charge >= 0.3 is 0 Å². The van der Waals surface area contributed by atoms with Crippen molar-refractivity contribution >= 4 is 28.9 Å². The molecule has 0 saturated heterocycles. The van der Waals surface area contributed by atoms with E-state index >= 15 is 0 Å². The van der Waals surface area contributed by atoms with Crippen LogP contribution in [0.4, 0.5) is 11.4 Å². The third kappa shape index (κ3) is 3.21. The zero-order valence-electron chi connectivity index (χ0n) is 10.4. The van der Waals surface area contributed by atoms with Gasteiger partial charge in [0.15, 0.2) is 0 Å². The Morgan fingerprint density at radius 1 is 1.14 bits per heavy atom. The number of carbonyl (C=O) groups is 1. The molecule has 0 aromatic heterocycles. The molecule has 8 heteroatoms. The smallest absolute Gasteiger partial charge is 0.271 e. The van der Waals surface area contributed by atoms with Crippen LogP contribution in [0.1, 0.15) is 10.4 Å². The first-order valence-electron chi connectivity index (χ1n) is 5.66. The second-order valence-corrected chi connectivity index (χ2v) is 4.51. The van der Waals surface area contributed by atoms with E-state index in [0.717, 1.165) is 18.2 Å². The molecular weight excluding hydrogens is 300 g/mol. The van der Waals surface area contributed by atoms with Gasteiger partial charge in [-0.2, -0.15) is 0 Å². The number of nitro benzene ring substituents is 1. The Hall–Kier alpha value is -2.80. The number of rotatable bonds is 3. The normalized spacial score (nSPS) is 10.1. The molecule has 0 radical (unpaired) electrons. The maximum absolute atomic E-state index is 12.0. The van der Waals surface area contributed by atoms with Crippen LogP contribution in [0.2, 0.25) is 5.02 Å². The molecular formula is C13H9ClN2O5. The molecule has 108 valence electrons. The molecule has 0 saturated carbocycles. The molecule has 2 aromatic carbocycles. The van der Waals surface area contributed by atoms with Crippen LogP contribution in [0, 0.1) is 10.1 Å². The van der Waals surface area contributed by atoms with Gasteiger partial charge in [-0.05, 0) is 24.3 Å². The minimum absolute atomic E-state index is 0.0784. The predicted molar refractivity (Wildman–Crippen MR) is 75.8 cm³/mol. The first kappa shape index (κ1) is 14.6. The summed E-state index contributed by atoms with van der Waals surface area (Å²) < 4.78 is 0. The predicted octanol–water partition coefficient (Wildman–Crippen LogP) is 2.91. The van der Waals surface area contributed by atoms with Gasteiger partial charge in [-0.1, -0.05) is 11.6 Å². The van der Waals surface area contributed by atoms with Gasteiger partial charge in [0.1, 0.15) is 11.5 Å². The van der Waals surface area contributed by atoms with Crippen molar-refractivity contribution in [2.75, 3.05) is 5.32 Å². The van der Waals surface area contributed by atoms with Gasteiger partial charge in [0.25, 0.3) is 11.6 Å². The summed E-state index contributed by atoms with van der Waals surface area (Å²) in [4.78, 5) is 22.0. The minimum Gasteiger partial charge on any atom is -0.507 e. The second-order valence-electron chi connectivity index (χ2n) is 4.07. The van der Waals surface area contributed by atoms with E-state index < -0.39 is 10.8 Å². The summed E-state index contributed by atoms with van der Waals surface area (Å²) in [6, 6.07) is 7.09. The van der Waals surface area contributed by atoms with Crippen LogP contribution < -0.4 is 5.32 Å². The van der Waals surface area contributed by atoms with E-state index in [0.29, 0.717) is 0 Å². The van der Waals surface area contributed by atoms with Gasteiger partial charge in [-0.15, -0.1) is 0 Å². The number of carbonyl (C=O) groups excluding carboxylic acids is 1. The Morgan fingerprint density at radius 2 is 1.86 bits per heavy atom. The van der Waals surface area contributed by atoms with Crippen LogP contribution in [-0.4, -0.2) is 21.0 Å². The molecule has 0 fully saturated rings. The molecule has 7 nitrogen and oxygen atoms in total. The number of aromatic hydroxyl groups is 2. The maximum atomic E-state index is 12.0. The van der Waals surface area contributed by atoms with Crippen molar-refractivity contribution in [3.63, 3.8) is 0 Å². The Labute approximate surface area is 123 Å². The molecule has 3 N–H and O–H groups in total. The van der Waals surface area contributed by atoms with E-state index in [2.05, 4.69) is 5.32 Å².